The molecule has 6 aromatic rings. The Morgan fingerprint density at radius 2 is 1.07 bits per heavy atom. The lowest BCUT2D eigenvalue weighted by Crippen LogP contribution is -1.75. The molecule has 142 valence electrons. The van der Waals surface area contributed by atoms with E-state index in [1.165, 1.54) is 51.8 Å². The minimum atomic E-state index is 1.27. The molecule has 0 unspecified atom stereocenters. The van der Waals surface area contributed by atoms with Gasteiger partial charge in [0, 0.05) is 19.2 Å². The van der Waals surface area contributed by atoms with Gasteiger partial charge in [-0.15, -0.1) is 22.7 Å². The van der Waals surface area contributed by atoms with Crippen LogP contribution in [0.2, 0.25) is 0 Å². The molecule has 0 saturated carbocycles. The molecule has 4 aromatic carbocycles. The van der Waals surface area contributed by atoms with Gasteiger partial charge in [-0.1, -0.05) is 66.7 Å². The van der Waals surface area contributed by atoms with Crippen LogP contribution in [0.25, 0.3) is 54.2 Å². The first kappa shape index (κ1) is 17.6. The van der Waals surface area contributed by atoms with E-state index in [0.29, 0.717) is 0 Å². The van der Waals surface area contributed by atoms with E-state index in [2.05, 4.69) is 109 Å². The fraction of sp³-hybridized carbons (Fsp3) is 0. The van der Waals surface area contributed by atoms with Crippen LogP contribution < -0.4 is 0 Å². The molecule has 0 nitrogen and oxygen atoms in total. The number of rotatable bonds is 3. The van der Waals surface area contributed by atoms with Gasteiger partial charge in [-0.3, -0.25) is 0 Å². The maximum absolute atomic E-state index is 2.30. The van der Waals surface area contributed by atoms with Crippen LogP contribution in [-0.2, 0) is 0 Å². The highest BCUT2D eigenvalue weighted by atomic mass is 32.1. The molecule has 0 aliphatic heterocycles. The fourth-order valence-corrected chi connectivity index (χ4v) is 5.94. The molecule has 0 amide bonds. The number of hydrogen-bond acceptors (Lipinski definition) is 2. The smallest absolute Gasteiger partial charge is 0.0355 e. The first-order chi connectivity index (χ1) is 14.8. The SMILES string of the molecule is C(=Cc1cc2cc3ccccc3cc2s1)c1cc2ccc(-c3ccccc3)cc2s1. The lowest BCUT2D eigenvalue weighted by Gasteiger charge is -2.00. The Morgan fingerprint density at radius 3 is 1.83 bits per heavy atom. The van der Waals surface area contributed by atoms with Gasteiger partial charge in [0.2, 0.25) is 0 Å². The van der Waals surface area contributed by atoms with Crippen LogP contribution in [0.1, 0.15) is 9.75 Å². The summed E-state index contributed by atoms with van der Waals surface area (Å²) in [4.78, 5) is 2.58. The van der Waals surface area contributed by atoms with Gasteiger partial charge in [0.25, 0.3) is 0 Å². The van der Waals surface area contributed by atoms with Crippen LogP contribution in [0.3, 0.4) is 0 Å². The van der Waals surface area contributed by atoms with Crippen LogP contribution in [0.15, 0.2) is 97.1 Å². The summed E-state index contributed by atoms with van der Waals surface area (Å²) < 4.78 is 2.68. The van der Waals surface area contributed by atoms with Crippen LogP contribution in [0, 0.1) is 0 Å². The molecular weight excluding hydrogens is 400 g/mol. The monoisotopic (exact) mass is 418 g/mol. The molecule has 2 heterocycles. The van der Waals surface area contributed by atoms with E-state index in [4.69, 9.17) is 0 Å². The molecule has 2 heteroatoms. The fourth-order valence-electron chi connectivity index (χ4n) is 3.94. The summed E-state index contributed by atoms with van der Waals surface area (Å²) in [6.07, 6.45) is 4.50. The highest BCUT2D eigenvalue weighted by Gasteiger charge is 2.05. The average molecular weight is 419 g/mol. The van der Waals surface area contributed by atoms with Crippen LogP contribution in [0.5, 0.6) is 0 Å². The number of thiophene rings is 2. The minimum Gasteiger partial charge on any atom is -0.136 e. The van der Waals surface area contributed by atoms with Crippen LogP contribution in [0.4, 0.5) is 0 Å². The van der Waals surface area contributed by atoms with Gasteiger partial charge in [-0.05, 0) is 75.2 Å². The molecule has 0 aliphatic carbocycles. The lowest BCUT2D eigenvalue weighted by atomic mass is 10.1. The lowest BCUT2D eigenvalue weighted by molar-refractivity contribution is 1.66. The van der Waals surface area contributed by atoms with Gasteiger partial charge < -0.3 is 0 Å². The van der Waals surface area contributed by atoms with Crippen molar-refractivity contribution in [2.24, 2.45) is 0 Å². The quantitative estimate of drug-likeness (QED) is 0.269. The predicted octanol–water partition coefficient (Wildman–Crippen LogP) is 9.11. The first-order valence-electron chi connectivity index (χ1n) is 10.0. The second kappa shape index (κ2) is 7.24. The summed E-state index contributed by atoms with van der Waals surface area (Å²) in [6, 6.07) is 35.1. The Balaban J connectivity index is 1.33. The van der Waals surface area contributed by atoms with E-state index < -0.39 is 0 Å². The molecule has 0 saturated heterocycles. The van der Waals surface area contributed by atoms with Gasteiger partial charge in [0.15, 0.2) is 0 Å². The number of fused-ring (bicyclic) bond motifs is 3. The van der Waals surface area contributed by atoms with Crippen molar-refractivity contribution in [2.75, 3.05) is 0 Å². The second-order valence-electron chi connectivity index (χ2n) is 7.49. The van der Waals surface area contributed by atoms with E-state index in [9.17, 15) is 0 Å². The molecule has 0 spiro atoms. The van der Waals surface area contributed by atoms with Crippen LogP contribution >= 0.6 is 22.7 Å². The molecule has 0 bridgehead atoms. The zero-order chi connectivity index (χ0) is 19.9. The molecule has 0 atom stereocenters. The minimum absolute atomic E-state index is 1.27. The third kappa shape index (κ3) is 3.24. The molecule has 30 heavy (non-hydrogen) atoms. The highest BCUT2D eigenvalue weighted by molar-refractivity contribution is 7.20. The van der Waals surface area contributed by atoms with Gasteiger partial charge in [-0.2, -0.15) is 0 Å². The van der Waals surface area contributed by atoms with Gasteiger partial charge in [0.1, 0.15) is 0 Å². The molecule has 0 radical (unpaired) electrons. The Kier molecular flexibility index (Phi) is 4.26. The first-order valence-corrected chi connectivity index (χ1v) is 11.6. The van der Waals surface area contributed by atoms with E-state index in [0.717, 1.165) is 0 Å². The van der Waals surface area contributed by atoms with Crippen molar-refractivity contribution in [3.8, 4) is 11.1 Å². The second-order valence-corrected chi connectivity index (χ2v) is 9.72. The van der Waals surface area contributed by atoms with Crippen molar-refractivity contribution in [1.82, 2.24) is 0 Å². The molecule has 6 rings (SSSR count). The third-order valence-corrected chi connectivity index (χ3v) is 7.59. The summed E-state index contributed by atoms with van der Waals surface area (Å²) in [6.45, 7) is 0. The predicted molar refractivity (Wildman–Crippen MR) is 136 cm³/mol. The van der Waals surface area contributed by atoms with E-state index >= 15 is 0 Å². The van der Waals surface area contributed by atoms with Gasteiger partial charge in [0.05, 0.1) is 0 Å². The summed E-state index contributed by atoms with van der Waals surface area (Å²) in [5, 5.41) is 5.24. The summed E-state index contributed by atoms with van der Waals surface area (Å²) in [5.74, 6) is 0. The Labute approximate surface area is 183 Å². The molecular formula is C28H18S2. The van der Waals surface area contributed by atoms with Crippen LogP contribution in [-0.4, -0.2) is 0 Å². The van der Waals surface area contributed by atoms with Gasteiger partial charge in [-0.25, -0.2) is 0 Å². The normalized spacial score (nSPS) is 11.9. The molecule has 0 fully saturated rings. The van der Waals surface area contributed by atoms with Crippen molar-refractivity contribution in [1.29, 1.82) is 0 Å². The maximum Gasteiger partial charge on any atom is 0.0355 e. The average Bonchev–Trinajstić information content (AvgIpc) is 3.38. The van der Waals surface area contributed by atoms with Crippen molar-refractivity contribution in [2.45, 2.75) is 0 Å². The topological polar surface area (TPSA) is 0 Å². The maximum atomic E-state index is 2.30. The molecule has 2 aromatic heterocycles. The Bertz CT molecular complexity index is 1480. The van der Waals surface area contributed by atoms with Crippen molar-refractivity contribution < 1.29 is 0 Å². The highest BCUT2D eigenvalue weighted by Crippen LogP contribution is 2.33. The largest absolute Gasteiger partial charge is 0.136 e. The van der Waals surface area contributed by atoms with Crippen molar-refractivity contribution in [3.05, 3.63) is 107 Å². The summed E-state index contributed by atoms with van der Waals surface area (Å²) in [5.41, 5.74) is 2.54. The van der Waals surface area contributed by atoms with Crippen molar-refractivity contribution in [3.63, 3.8) is 0 Å². The summed E-state index contributed by atoms with van der Waals surface area (Å²) in [7, 11) is 0. The number of benzene rings is 4. The Morgan fingerprint density at radius 1 is 0.433 bits per heavy atom. The summed E-state index contributed by atoms with van der Waals surface area (Å²) >= 11 is 3.71. The van der Waals surface area contributed by atoms with Gasteiger partial charge >= 0.3 is 0 Å². The van der Waals surface area contributed by atoms with E-state index in [1.54, 1.807) is 0 Å². The zero-order valence-corrected chi connectivity index (χ0v) is 17.8. The molecule has 0 N–H and O–H groups in total. The Hall–Kier alpha value is -3.20. The van der Waals surface area contributed by atoms with E-state index in [-0.39, 0.29) is 0 Å². The molecule has 0 aliphatic rings. The standard InChI is InChI=1S/C28H18S2/c1-2-6-19(7-3-1)22-10-11-23-15-25(29-27(23)18-22)12-13-26-16-24-14-20-8-4-5-9-21(20)17-28(24)30-26/h1-18H. The zero-order valence-electron chi connectivity index (χ0n) is 16.2. The van der Waals surface area contributed by atoms with E-state index in [1.807, 2.05) is 22.7 Å². The third-order valence-electron chi connectivity index (χ3n) is 5.46. The number of hydrogen-bond donors (Lipinski definition) is 0. The van der Waals surface area contributed by atoms with Crippen molar-refractivity contribution >= 4 is 65.8 Å².